The number of hydrogen-bond donors (Lipinski definition) is 2. The lowest BCUT2D eigenvalue weighted by Crippen LogP contribution is -2.33. The van der Waals surface area contributed by atoms with Crippen molar-refractivity contribution in [1.29, 1.82) is 0 Å². The maximum atomic E-state index is 12.1. The molecule has 5 nitrogen and oxygen atoms in total. The first-order valence-electron chi connectivity index (χ1n) is 10.3. The van der Waals surface area contributed by atoms with Crippen LogP contribution < -0.4 is 0 Å². The largest absolute Gasteiger partial charge is 0.481 e. The molecule has 1 aliphatic heterocycles. The van der Waals surface area contributed by atoms with Gasteiger partial charge in [-0.3, -0.25) is 9.59 Å². The average molecular weight is 378 g/mol. The van der Waals surface area contributed by atoms with Crippen molar-refractivity contribution in [2.24, 2.45) is 5.92 Å². The number of nitrogens with zero attached hydrogens (tertiary/aromatic N) is 1. The van der Waals surface area contributed by atoms with Gasteiger partial charge in [0.15, 0.2) is 0 Å². The maximum Gasteiger partial charge on any atom is 0.303 e. The summed E-state index contributed by atoms with van der Waals surface area (Å²) in [7, 11) is 0. The Bertz CT molecular complexity index is 546. The zero-order valence-corrected chi connectivity index (χ0v) is 16.8. The summed E-state index contributed by atoms with van der Waals surface area (Å²) in [6.45, 7) is 4.79. The molecule has 1 aliphatic rings. The van der Waals surface area contributed by atoms with Crippen molar-refractivity contribution >= 4 is 11.9 Å². The lowest BCUT2D eigenvalue weighted by atomic mass is 9.99. The van der Waals surface area contributed by atoms with Crippen molar-refractivity contribution in [3.05, 3.63) is 12.2 Å². The normalized spacial score (nSPS) is 19.1. The molecule has 1 amide bonds. The first-order valence-corrected chi connectivity index (χ1v) is 10.3. The minimum Gasteiger partial charge on any atom is -0.481 e. The monoisotopic (exact) mass is 377 g/mol. The van der Waals surface area contributed by atoms with Crippen LogP contribution in [0.1, 0.15) is 78.1 Å². The molecule has 0 aromatic rings. The van der Waals surface area contributed by atoms with E-state index in [0.29, 0.717) is 25.8 Å². The van der Waals surface area contributed by atoms with E-state index >= 15 is 0 Å². The average Bonchev–Trinajstić information content (AvgIpc) is 2.99. The highest BCUT2D eigenvalue weighted by molar-refractivity contribution is 5.79. The molecule has 2 N–H and O–H groups in total. The van der Waals surface area contributed by atoms with Crippen molar-refractivity contribution in [2.45, 2.75) is 90.2 Å². The molecule has 0 bridgehead atoms. The minimum absolute atomic E-state index is 0.0598. The fourth-order valence-corrected chi connectivity index (χ4v) is 3.16. The van der Waals surface area contributed by atoms with Crippen LogP contribution in [0.2, 0.25) is 0 Å². The molecule has 1 heterocycles. The number of carbonyl (C=O) groups excluding carboxylic acids is 1. The van der Waals surface area contributed by atoms with Crippen molar-refractivity contribution < 1.29 is 19.8 Å². The van der Waals surface area contributed by atoms with Gasteiger partial charge >= 0.3 is 5.97 Å². The first-order chi connectivity index (χ1) is 13.0. The minimum atomic E-state index is -0.751. The third-order valence-electron chi connectivity index (χ3n) is 4.95. The second-order valence-corrected chi connectivity index (χ2v) is 7.41. The zero-order chi connectivity index (χ0) is 20.1. The van der Waals surface area contributed by atoms with Crippen molar-refractivity contribution in [2.75, 3.05) is 6.54 Å². The summed E-state index contributed by atoms with van der Waals surface area (Å²) >= 11 is 0. The van der Waals surface area contributed by atoms with Crippen LogP contribution in [0.5, 0.6) is 0 Å². The van der Waals surface area contributed by atoms with Crippen LogP contribution >= 0.6 is 0 Å². The summed E-state index contributed by atoms with van der Waals surface area (Å²) in [4.78, 5) is 24.5. The molecular formula is C22H35NO4. The Kier molecular flexibility index (Phi) is 11.5. The van der Waals surface area contributed by atoms with Crippen LogP contribution in [0.15, 0.2) is 12.2 Å². The van der Waals surface area contributed by atoms with Crippen LogP contribution in [-0.4, -0.2) is 45.7 Å². The molecule has 0 unspecified atom stereocenters. The van der Waals surface area contributed by atoms with E-state index in [-0.39, 0.29) is 24.3 Å². The second kappa shape index (κ2) is 13.4. The summed E-state index contributed by atoms with van der Waals surface area (Å²) in [6, 6.07) is 0.0598. The molecule has 5 heteroatoms. The van der Waals surface area contributed by atoms with Crippen LogP contribution in [0, 0.1) is 17.8 Å². The highest BCUT2D eigenvalue weighted by atomic mass is 16.4. The van der Waals surface area contributed by atoms with E-state index < -0.39 is 12.1 Å². The molecule has 0 radical (unpaired) electrons. The molecule has 1 fully saturated rings. The predicted molar refractivity (Wildman–Crippen MR) is 107 cm³/mol. The van der Waals surface area contributed by atoms with Gasteiger partial charge in [-0.1, -0.05) is 38.8 Å². The molecule has 27 heavy (non-hydrogen) atoms. The van der Waals surface area contributed by atoms with Gasteiger partial charge in [-0.15, -0.1) is 11.8 Å². The number of carboxylic acids is 1. The van der Waals surface area contributed by atoms with E-state index in [1.54, 1.807) is 0 Å². The number of carbonyl (C=O) groups is 2. The molecule has 152 valence electrons. The zero-order valence-electron chi connectivity index (χ0n) is 16.8. The maximum absolute atomic E-state index is 12.1. The molecule has 0 aromatic carbocycles. The number of likely N-dealkylation sites (tertiary alicyclic amines) is 1. The van der Waals surface area contributed by atoms with Gasteiger partial charge in [0.1, 0.15) is 0 Å². The van der Waals surface area contributed by atoms with E-state index in [2.05, 4.69) is 18.8 Å². The molecule has 0 aromatic heterocycles. The number of aliphatic hydroxyl groups excluding tert-OH is 1. The Morgan fingerprint density at radius 2 is 2.04 bits per heavy atom. The molecule has 0 spiro atoms. The lowest BCUT2D eigenvalue weighted by molar-refractivity contribution is -0.137. The number of aliphatic carboxylic acids is 1. The Morgan fingerprint density at radius 3 is 2.74 bits per heavy atom. The van der Waals surface area contributed by atoms with E-state index in [1.165, 1.54) is 0 Å². The van der Waals surface area contributed by atoms with Gasteiger partial charge in [0, 0.05) is 32.2 Å². The quantitative estimate of drug-likeness (QED) is 0.308. The third-order valence-corrected chi connectivity index (χ3v) is 4.95. The molecule has 3 atom stereocenters. The summed E-state index contributed by atoms with van der Waals surface area (Å²) in [5.74, 6) is 5.71. The molecule has 1 saturated heterocycles. The molecule has 0 aliphatic carbocycles. The molecular weight excluding hydrogens is 342 g/mol. The van der Waals surface area contributed by atoms with Gasteiger partial charge in [0.25, 0.3) is 0 Å². The highest BCUT2D eigenvalue weighted by Crippen LogP contribution is 2.21. The van der Waals surface area contributed by atoms with Gasteiger partial charge in [0.2, 0.25) is 5.91 Å². The van der Waals surface area contributed by atoms with E-state index in [1.807, 2.05) is 24.0 Å². The Morgan fingerprint density at radius 1 is 1.30 bits per heavy atom. The first kappa shape index (κ1) is 23.2. The van der Waals surface area contributed by atoms with E-state index in [0.717, 1.165) is 38.5 Å². The van der Waals surface area contributed by atoms with Gasteiger partial charge in [-0.25, -0.2) is 0 Å². The smallest absolute Gasteiger partial charge is 0.303 e. The summed E-state index contributed by atoms with van der Waals surface area (Å²) < 4.78 is 0. The Balaban J connectivity index is 2.38. The SMILES string of the molecule is CCCC#CC[C@@H](C)[C@@H](O)C=C[C@H]1CCC(=O)N1CCCCCCC(=O)O. The van der Waals surface area contributed by atoms with Crippen LogP contribution in [0.4, 0.5) is 0 Å². The van der Waals surface area contributed by atoms with Crippen LogP contribution in [-0.2, 0) is 9.59 Å². The van der Waals surface area contributed by atoms with Crippen LogP contribution in [0.3, 0.4) is 0 Å². The van der Waals surface area contributed by atoms with Crippen molar-refractivity contribution in [1.82, 2.24) is 4.90 Å². The highest BCUT2D eigenvalue weighted by Gasteiger charge is 2.28. The number of hydrogen-bond acceptors (Lipinski definition) is 3. The molecule has 0 saturated carbocycles. The van der Waals surface area contributed by atoms with Gasteiger partial charge in [-0.2, -0.15) is 0 Å². The van der Waals surface area contributed by atoms with Crippen LogP contribution in [0.25, 0.3) is 0 Å². The van der Waals surface area contributed by atoms with E-state index in [4.69, 9.17) is 5.11 Å². The standard InChI is InChI=1S/C22H35NO4/c1-3-4-5-8-11-18(2)20(24)15-13-19-14-16-21(25)23(19)17-10-7-6-9-12-22(26)27/h13,15,18-20,24H,3-4,6-7,9-12,14,16-17H2,1-2H3,(H,26,27)/t18-,19+,20+/m1/s1. The summed E-state index contributed by atoms with van der Waals surface area (Å²) in [5, 5.41) is 18.9. The number of rotatable bonds is 12. The third kappa shape index (κ3) is 9.63. The van der Waals surface area contributed by atoms with E-state index in [9.17, 15) is 14.7 Å². The van der Waals surface area contributed by atoms with Gasteiger partial charge < -0.3 is 15.1 Å². The summed E-state index contributed by atoms with van der Waals surface area (Å²) in [5.41, 5.74) is 0. The van der Waals surface area contributed by atoms with Crippen molar-refractivity contribution in [3.8, 4) is 11.8 Å². The second-order valence-electron chi connectivity index (χ2n) is 7.41. The fraction of sp³-hybridized carbons (Fsp3) is 0.727. The van der Waals surface area contributed by atoms with Crippen molar-refractivity contribution in [3.63, 3.8) is 0 Å². The van der Waals surface area contributed by atoms with Gasteiger partial charge in [-0.05, 0) is 31.6 Å². The molecule has 1 rings (SSSR count). The predicted octanol–water partition coefficient (Wildman–Crippen LogP) is 3.76. The number of aliphatic hydroxyl groups is 1. The topological polar surface area (TPSA) is 77.8 Å². The Hall–Kier alpha value is -1.80. The number of carboxylic acid groups (broad SMARTS) is 1. The van der Waals surface area contributed by atoms with Gasteiger partial charge in [0.05, 0.1) is 12.1 Å². The summed E-state index contributed by atoms with van der Waals surface area (Å²) in [6.07, 6.45) is 10.8. The fourth-order valence-electron chi connectivity index (χ4n) is 3.16. The number of unbranched alkanes of at least 4 members (excludes halogenated alkanes) is 4. The Labute approximate surface area is 163 Å². The number of amides is 1. The lowest BCUT2D eigenvalue weighted by Gasteiger charge is -2.23.